The highest BCUT2D eigenvalue weighted by atomic mass is 16.4. The van der Waals surface area contributed by atoms with Crippen LogP contribution >= 0.6 is 0 Å². The van der Waals surface area contributed by atoms with E-state index in [-0.39, 0.29) is 31.8 Å². The van der Waals surface area contributed by atoms with E-state index in [1.165, 1.54) is 4.90 Å². The first kappa shape index (κ1) is 47.9. The summed E-state index contributed by atoms with van der Waals surface area (Å²) in [6.45, 7) is 13.0. The zero-order valence-corrected chi connectivity index (χ0v) is 33.0. The molecule has 8 N–H and O–H groups in total. The van der Waals surface area contributed by atoms with E-state index in [1.807, 2.05) is 0 Å². The van der Waals surface area contributed by atoms with Crippen molar-refractivity contribution in [2.24, 2.45) is 11.8 Å². The minimum Gasteiger partial charge on any atom is -0.481 e. The van der Waals surface area contributed by atoms with Gasteiger partial charge in [0.15, 0.2) is 0 Å². The van der Waals surface area contributed by atoms with E-state index < -0.39 is 126 Å². The quantitative estimate of drug-likeness (QED) is 0.0601. The van der Waals surface area contributed by atoms with Crippen LogP contribution in [-0.4, -0.2) is 123 Å². The van der Waals surface area contributed by atoms with E-state index in [0.717, 1.165) is 6.92 Å². The Kier molecular flexibility index (Phi) is 20.0. The number of carbonyl (C=O) groups is 10. The second kappa shape index (κ2) is 23.0. The molecular formula is C36H59N7O12. The summed E-state index contributed by atoms with van der Waals surface area (Å²) in [6, 6.07) is -7.70. The standard InChI is InChI=1S/C36H59N7O12/c1-9-11-22(30(49)35(54)37-20(6)7)39-33(52)25-12-10-17-43(25)36(55)29(19(4)5)42-34(53)28(18(2)3)41-32(51)24(14-16-27(47)48)40-31(50)23(38-21(8)44)13-15-26(45)46/h18-20,22-25,28-29H,9-17H2,1-8H3,(H,37,54)(H,38,44)(H,39,52)(H,40,50)(H,41,51)(H,42,53)(H,45,46)(H,47,48). The van der Waals surface area contributed by atoms with Crippen LogP contribution in [0.25, 0.3) is 0 Å². The lowest BCUT2D eigenvalue weighted by Gasteiger charge is -2.33. The van der Waals surface area contributed by atoms with Gasteiger partial charge in [-0.25, -0.2) is 0 Å². The van der Waals surface area contributed by atoms with Crippen molar-refractivity contribution in [2.45, 2.75) is 149 Å². The summed E-state index contributed by atoms with van der Waals surface area (Å²) in [6.07, 6.45) is -0.370. The van der Waals surface area contributed by atoms with Gasteiger partial charge in [0.2, 0.25) is 41.2 Å². The van der Waals surface area contributed by atoms with Crippen molar-refractivity contribution in [1.82, 2.24) is 36.8 Å². The average Bonchev–Trinajstić information content (AvgIpc) is 3.58. The fourth-order valence-electron chi connectivity index (χ4n) is 5.94. The molecule has 6 atom stereocenters. The van der Waals surface area contributed by atoms with Crippen molar-refractivity contribution in [2.75, 3.05) is 6.54 Å². The lowest BCUT2D eigenvalue weighted by molar-refractivity contribution is -0.144. The Morgan fingerprint density at radius 1 is 0.636 bits per heavy atom. The van der Waals surface area contributed by atoms with Gasteiger partial charge in [-0.15, -0.1) is 0 Å². The summed E-state index contributed by atoms with van der Waals surface area (Å²) in [5, 5.41) is 33.4. The fraction of sp³-hybridized carbons (Fsp3) is 0.722. The van der Waals surface area contributed by atoms with Gasteiger partial charge < -0.3 is 47.0 Å². The van der Waals surface area contributed by atoms with Crippen LogP contribution in [0.15, 0.2) is 0 Å². The number of rotatable bonds is 23. The summed E-state index contributed by atoms with van der Waals surface area (Å²) in [5.41, 5.74) is 0. The highest BCUT2D eigenvalue weighted by Crippen LogP contribution is 2.21. The molecule has 6 unspecified atom stereocenters. The normalized spacial score (nSPS) is 16.6. The largest absolute Gasteiger partial charge is 0.481 e. The number of likely N-dealkylation sites (tertiary alicyclic amines) is 1. The Morgan fingerprint density at radius 2 is 1.15 bits per heavy atom. The van der Waals surface area contributed by atoms with Crippen LogP contribution in [0.1, 0.15) is 107 Å². The Morgan fingerprint density at radius 3 is 1.62 bits per heavy atom. The number of amides is 7. The topological polar surface area (TPSA) is 287 Å². The Labute approximate surface area is 321 Å². The molecule has 1 aliphatic rings. The van der Waals surface area contributed by atoms with Crippen molar-refractivity contribution in [3.63, 3.8) is 0 Å². The summed E-state index contributed by atoms with van der Waals surface area (Å²) < 4.78 is 0. The van der Waals surface area contributed by atoms with Gasteiger partial charge in [0.1, 0.15) is 30.2 Å². The third kappa shape index (κ3) is 16.0. The average molecular weight is 782 g/mol. The van der Waals surface area contributed by atoms with Crippen LogP contribution in [0.2, 0.25) is 0 Å². The van der Waals surface area contributed by atoms with Gasteiger partial charge in [-0.1, -0.05) is 41.0 Å². The van der Waals surface area contributed by atoms with E-state index in [4.69, 9.17) is 5.11 Å². The summed E-state index contributed by atoms with van der Waals surface area (Å²) in [5.74, 6) is -9.75. The summed E-state index contributed by atoms with van der Waals surface area (Å²) in [7, 11) is 0. The molecule has 0 spiro atoms. The third-order valence-electron chi connectivity index (χ3n) is 8.79. The van der Waals surface area contributed by atoms with E-state index in [0.29, 0.717) is 12.8 Å². The van der Waals surface area contributed by atoms with Gasteiger partial charge in [-0.05, 0) is 57.8 Å². The Bertz CT molecular complexity index is 1430. The molecule has 0 aromatic heterocycles. The minimum atomic E-state index is -1.51. The zero-order valence-electron chi connectivity index (χ0n) is 33.0. The van der Waals surface area contributed by atoms with E-state index in [9.17, 15) is 53.1 Å². The Balaban J connectivity index is 3.23. The van der Waals surface area contributed by atoms with E-state index >= 15 is 0 Å². The van der Waals surface area contributed by atoms with Crippen LogP contribution in [0.3, 0.4) is 0 Å². The molecule has 1 saturated heterocycles. The molecule has 1 aliphatic heterocycles. The molecule has 1 rings (SSSR count). The van der Waals surface area contributed by atoms with Gasteiger partial charge in [0, 0.05) is 32.4 Å². The molecule has 1 fully saturated rings. The van der Waals surface area contributed by atoms with E-state index in [1.54, 1.807) is 48.5 Å². The van der Waals surface area contributed by atoms with Crippen molar-refractivity contribution in [3.8, 4) is 0 Å². The first-order chi connectivity index (χ1) is 25.6. The number of aliphatic carboxylic acids is 2. The maximum Gasteiger partial charge on any atom is 0.303 e. The molecule has 1 heterocycles. The first-order valence-corrected chi connectivity index (χ1v) is 18.7. The predicted octanol–water partition coefficient (Wildman–Crippen LogP) is -0.643. The molecule has 7 amide bonds. The summed E-state index contributed by atoms with van der Waals surface area (Å²) >= 11 is 0. The van der Waals surface area contributed by atoms with Crippen molar-refractivity contribution < 1.29 is 58.2 Å². The highest BCUT2D eigenvalue weighted by Gasteiger charge is 2.41. The maximum atomic E-state index is 14.0. The second-order valence-corrected chi connectivity index (χ2v) is 14.7. The Hall–Kier alpha value is -5.10. The van der Waals surface area contributed by atoms with Gasteiger partial charge in [0.05, 0.1) is 6.04 Å². The number of nitrogens with zero attached hydrogens (tertiary/aromatic N) is 1. The molecule has 310 valence electrons. The molecule has 0 aliphatic carbocycles. The lowest BCUT2D eigenvalue weighted by Crippen LogP contribution is -2.61. The SMILES string of the molecule is CCCC(NC(=O)C1CCCN1C(=O)C(NC(=O)C(NC(=O)C(CCC(=O)O)NC(=O)C(CCC(=O)O)NC(C)=O)C(C)C)C(C)C)C(=O)C(=O)NC(C)C. The van der Waals surface area contributed by atoms with Gasteiger partial charge in [-0.3, -0.25) is 47.9 Å². The number of carboxylic acid groups (broad SMARTS) is 2. The second-order valence-electron chi connectivity index (χ2n) is 14.7. The minimum absolute atomic E-state index is 0.178. The molecule has 0 radical (unpaired) electrons. The van der Waals surface area contributed by atoms with Crippen LogP contribution in [0, 0.1) is 11.8 Å². The zero-order chi connectivity index (χ0) is 42.2. The monoisotopic (exact) mass is 781 g/mol. The number of hydrogen-bond donors (Lipinski definition) is 8. The predicted molar refractivity (Wildman–Crippen MR) is 197 cm³/mol. The summed E-state index contributed by atoms with van der Waals surface area (Å²) in [4.78, 5) is 129. The smallest absolute Gasteiger partial charge is 0.303 e. The number of Topliss-reactive ketones (excluding diaryl/α,β-unsaturated/α-hetero) is 1. The number of nitrogens with one attached hydrogen (secondary N) is 6. The van der Waals surface area contributed by atoms with Crippen LogP contribution in [0.5, 0.6) is 0 Å². The number of hydrogen-bond acceptors (Lipinski definition) is 10. The highest BCUT2D eigenvalue weighted by molar-refractivity contribution is 6.38. The number of carbonyl (C=O) groups excluding carboxylic acids is 8. The van der Waals surface area contributed by atoms with Crippen LogP contribution in [0.4, 0.5) is 0 Å². The van der Waals surface area contributed by atoms with Gasteiger partial charge in [-0.2, -0.15) is 0 Å². The van der Waals surface area contributed by atoms with Crippen LogP contribution in [-0.2, 0) is 47.9 Å². The molecule has 0 saturated carbocycles. The molecule has 19 heteroatoms. The van der Waals surface area contributed by atoms with Crippen molar-refractivity contribution in [3.05, 3.63) is 0 Å². The fourth-order valence-corrected chi connectivity index (χ4v) is 5.94. The van der Waals surface area contributed by atoms with Crippen LogP contribution < -0.4 is 31.9 Å². The van der Waals surface area contributed by atoms with Crippen molar-refractivity contribution >= 4 is 59.1 Å². The maximum absolute atomic E-state index is 14.0. The van der Waals surface area contributed by atoms with E-state index in [2.05, 4.69) is 31.9 Å². The lowest BCUT2D eigenvalue weighted by atomic mass is 9.98. The molecule has 0 aromatic carbocycles. The molecular weight excluding hydrogens is 722 g/mol. The molecule has 0 bridgehead atoms. The molecule has 0 aromatic rings. The van der Waals surface area contributed by atoms with Gasteiger partial charge in [0.25, 0.3) is 5.91 Å². The van der Waals surface area contributed by atoms with Gasteiger partial charge >= 0.3 is 11.9 Å². The number of ketones is 1. The van der Waals surface area contributed by atoms with Crippen molar-refractivity contribution in [1.29, 1.82) is 0 Å². The molecule has 55 heavy (non-hydrogen) atoms. The molecule has 19 nitrogen and oxygen atoms in total. The third-order valence-corrected chi connectivity index (χ3v) is 8.79. The first-order valence-electron chi connectivity index (χ1n) is 18.7. The number of carboxylic acids is 2.